The number of aromatic nitrogens is 2. The zero-order valence-corrected chi connectivity index (χ0v) is 14.8. The average molecular weight is 322 g/mol. The zero-order valence-electron chi connectivity index (χ0n) is 14.8. The van der Waals surface area contributed by atoms with Crippen LogP contribution < -0.4 is 5.32 Å². The molecule has 0 aromatic carbocycles. The molecule has 0 spiro atoms. The Bertz CT molecular complexity index is 501. The van der Waals surface area contributed by atoms with Gasteiger partial charge >= 0.3 is 0 Å². The van der Waals surface area contributed by atoms with Crippen LogP contribution in [-0.2, 0) is 11.3 Å². The van der Waals surface area contributed by atoms with Crippen molar-refractivity contribution in [2.75, 3.05) is 13.1 Å². The second-order valence-corrected chi connectivity index (χ2v) is 6.97. The summed E-state index contributed by atoms with van der Waals surface area (Å²) in [6.45, 7) is 10.7. The molecule has 1 aromatic heterocycles. The summed E-state index contributed by atoms with van der Waals surface area (Å²) in [6, 6.07) is 0.257. The highest BCUT2D eigenvalue weighted by molar-refractivity contribution is 5.79. The summed E-state index contributed by atoms with van der Waals surface area (Å²) >= 11 is 0. The number of carbonyl (C=O) groups is 1. The molecular formula is C17H30N4O2. The molecule has 0 unspecified atom stereocenters. The fraction of sp³-hybridized carbons (Fsp3) is 0.824. The maximum absolute atomic E-state index is 12.4. The number of amides is 1. The fourth-order valence-corrected chi connectivity index (χ4v) is 3.04. The molecule has 2 heterocycles. The van der Waals surface area contributed by atoms with Crippen LogP contribution in [0.1, 0.15) is 71.0 Å². The van der Waals surface area contributed by atoms with Crippen molar-refractivity contribution in [3.63, 3.8) is 0 Å². The smallest absolute Gasteiger partial charge is 0.240 e. The maximum Gasteiger partial charge on any atom is 0.240 e. The van der Waals surface area contributed by atoms with Gasteiger partial charge in [-0.15, -0.1) is 0 Å². The van der Waals surface area contributed by atoms with Gasteiger partial charge in [0.2, 0.25) is 11.8 Å². The SMILES string of the molecule is CCC[C@@H](C)NC(=O)[C@@H]1CCCN(Cc2nc(C(C)C)no2)C1. The molecule has 1 aromatic rings. The first kappa shape index (κ1) is 17.9. The van der Waals surface area contributed by atoms with Crippen LogP contribution in [0, 0.1) is 5.92 Å². The number of likely N-dealkylation sites (tertiary alicyclic amines) is 1. The van der Waals surface area contributed by atoms with Gasteiger partial charge in [-0.1, -0.05) is 32.3 Å². The molecule has 1 saturated heterocycles. The Balaban J connectivity index is 1.86. The maximum atomic E-state index is 12.4. The summed E-state index contributed by atoms with van der Waals surface area (Å²) in [4.78, 5) is 19.1. The van der Waals surface area contributed by atoms with Crippen molar-refractivity contribution in [1.82, 2.24) is 20.4 Å². The van der Waals surface area contributed by atoms with Crippen molar-refractivity contribution in [1.29, 1.82) is 0 Å². The van der Waals surface area contributed by atoms with E-state index in [0.29, 0.717) is 12.4 Å². The topological polar surface area (TPSA) is 71.3 Å². The Hall–Kier alpha value is -1.43. The van der Waals surface area contributed by atoms with E-state index in [4.69, 9.17) is 4.52 Å². The van der Waals surface area contributed by atoms with E-state index in [9.17, 15) is 4.79 Å². The Labute approximate surface area is 139 Å². The lowest BCUT2D eigenvalue weighted by atomic mass is 9.96. The van der Waals surface area contributed by atoms with Crippen LogP contribution in [0.25, 0.3) is 0 Å². The Kier molecular flexibility index (Phi) is 6.57. The van der Waals surface area contributed by atoms with E-state index in [2.05, 4.69) is 34.2 Å². The third-order valence-electron chi connectivity index (χ3n) is 4.35. The molecule has 1 fully saturated rings. The van der Waals surface area contributed by atoms with Gasteiger partial charge < -0.3 is 9.84 Å². The zero-order chi connectivity index (χ0) is 16.8. The van der Waals surface area contributed by atoms with Crippen LogP contribution >= 0.6 is 0 Å². The van der Waals surface area contributed by atoms with Crippen LogP contribution in [0.5, 0.6) is 0 Å². The van der Waals surface area contributed by atoms with Gasteiger partial charge in [-0.05, 0) is 32.7 Å². The molecule has 1 aliphatic rings. The first-order chi connectivity index (χ1) is 11.0. The Morgan fingerprint density at radius 2 is 2.22 bits per heavy atom. The molecule has 2 rings (SSSR count). The van der Waals surface area contributed by atoms with Gasteiger partial charge in [-0.25, -0.2) is 0 Å². The van der Waals surface area contributed by atoms with Gasteiger partial charge in [0.1, 0.15) is 0 Å². The molecule has 1 amide bonds. The van der Waals surface area contributed by atoms with Crippen molar-refractivity contribution in [2.24, 2.45) is 5.92 Å². The van der Waals surface area contributed by atoms with E-state index in [1.165, 1.54) is 0 Å². The number of carbonyl (C=O) groups excluding carboxylic acids is 1. The number of nitrogens with zero attached hydrogens (tertiary/aromatic N) is 3. The molecule has 6 heteroatoms. The van der Waals surface area contributed by atoms with Crippen molar-refractivity contribution in [3.05, 3.63) is 11.7 Å². The normalized spacial score (nSPS) is 20.7. The number of nitrogens with one attached hydrogen (secondary N) is 1. The van der Waals surface area contributed by atoms with E-state index in [1.807, 2.05) is 13.8 Å². The predicted molar refractivity (Wildman–Crippen MR) is 88.9 cm³/mol. The van der Waals surface area contributed by atoms with E-state index < -0.39 is 0 Å². The summed E-state index contributed by atoms with van der Waals surface area (Å²) in [5.41, 5.74) is 0. The second kappa shape index (κ2) is 8.43. The minimum Gasteiger partial charge on any atom is -0.353 e. The molecule has 130 valence electrons. The van der Waals surface area contributed by atoms with Crippen molar-refractivity contribution < 1.29 is 9.32 Å². The molecule has 1 N–H and O–H groups in total. The summed E-state index contributed by atoms with van der Waals surface area (Å²) in [7, 11) is 0. The molecule has 0 bridgehead atoms. The molecule has 1 aliphatic heterocycles. The van der Waals surface area contributed by atoms with E-state index in [0.717, 1.165) is 44.6 Å². The lowest BCUT2D eigenvalue weighted by Gasteiger charge is -2.31. The van der Waals surface area contributed by atoms with Crippen molar-refractivity contribution >= 4 is 5.91 Å². The molecule has 23 heavy (non-hydrogen) atoms. The molecule has 6 nitrogen and oxygen atoms in total. The van der Waals surface area contributed by atoms with Gasteiger partial charge in [0.15, 0.2) is 5.82 Å². The number of piperidine rings is 1. The first-order valence-electron chi connectivity index (χ1n) is 8.84. The lowest BCUT2D eigenvalue weighted by molar-refractivity contribution is -0.127. The van der Waals surface area contributed by atoms with Gasteiger partial charge in [0.25, 0.3) is 0 Å². The predicted octanol–water partition coefficient (Wildman–Crippen LogP) is 2.71. The second-order valence-electron chi connectivity index (χ2n) is 6.97. The molecular weight excluding hydrogens is 292 g/mol. The largest absolute Gasteiger partial charge is 0.353 e. The number of hydrogen-bond donors (Lipinski definition) is 1. The van der Waals surface area contributed by atoms with Gasteiger partial charge in [-0.2, -0.15) is 4.98 Å². The average Bonchev–Trinajstić information content (AvgIpc) is 2.96. The molecule has 2 atom stereocenters. The third kappa shape index (κ3) is 5.30. The van der Waals surface area contributed by atoms with Gasteiger partial charge in [-0.3, -0.25) is 9.69 Å². The molecule has 0 saturated carbocycles. The van der Waals surface area contributed by atoms with Crippen LogP contribution in [0.3, 0.4) is 0 Å². The number of rotatable bonds is 7. The van der Waals surface area contributed by atoms with Gasteiger partial charge in [0, 0.05) is 18.5 Å². The molecule has 0 aliphatic carbocycles. The van der Waals surface area contributed by atoms with E-state index in [1.54, 1.807) is 0 Å². The van der Waals surface area contributed by atoms with Crippen LogP contribution in [0.15, 0.2) is 4.52 Å². The Morgan fingerprint density at radius 3 is 2.87 bits per heavy atom. The third-order valence-corrected chi connectivity index (χ3v) is 4.35. The van der Waals surface area contributed by atoms with Crippen molar-refractivity contribution in [3.8, 4) is 0 Å². The monoisotopic (exact) mass is 322 g/mol. The Morgan fingerprint density at radius 1 is 1.43 bits per heavy atom. The van der Waals surface area contributed by atoms with Crippen LogP contribution in [0.4, 0.5) is 0 Å². The standard InChI is InChI=1S/C17H30N4O2/c1-5-7-13(4)18-17(22)14-8-6-9-21(10-14)11-15-19-16(12(2)3)20-23-15/h12-14H,5-11H2,1-4H3,(H,18,22)/t13-,14-/m1/s1. The highest BCUT2D eigenvalue weighted by Crippen LogP contribution is 2.19. The van der Waals surface area contributed by atoms with Crippen LogP contribution in [-0.4, -0.2) is 40.1 Å². The summed E-state index contributed by atoms with van der Waals surface area (Å²) in [5.74, 6) is 1.92. The first-order valence-corrected chi connectivity index (χ1v) is 8.84. The highest BCUT2D eigenvalue weighted by Gasteiger charge is 2.27. The van der Waals surface area contributed by atoms with Gasteiger partial charge in [0.05, 0.1) is 12.5 Å². The molecule has 0 radical (unpaired) electrons. The van der Waals surface area contributed by atoms with Crippen molar-refractivity contribution in [2.45, 2.75) is 71.9 Å². The quantitative estimate of drug-likeness (QED) is 0.835. The summed E-state index contributed by atoms with van der Waals surface area (Å²) in [5, 5.41) is 7.14. The minimum atomic E-state index is 0.0653. The van der Waals surface area contributed by atoms with E-state index >= 15 is 0 Å². The minimum absolute atomic E-state index is 0.0653. The van der Waals surface area contributed by atoms with Crippen LogP contribution in [0.2, 0.25) is 0 Å². The van der Waals surface area contributed by atoms with E-state index in [-0.39, 0.29) is 23.8 Å². The highest BCUT2D eigenvalue weighted by atomic mass is 16.5. The fourth-order valence-electron chi connectivity index (χ4n) is 3.04. The summed E-state index contributed by atoms with van der Waals surface area (Å²) in [6.07, 6.45) is 4.11. The lowest BCUT2D eigenvalue weighted by Crippen LogP contribution is -2.45. The summed E-state index contributed by atoms with van der Waals surface area (Å²) < 4.78 is 5.32. The number of hydrogen-bond acceptors (Lipinski definition) is 5.